The van der Waals surface area contributed by atoms with Crippen molar-refractivity contribution in [3.05, 3.63) is 33.2 Å². The van der Waals surface area contributed by atoms with Gasteiger partial charge in [-0.25, -0.2) is 4.79 Å². The molecule has 5 N–H and O–H groups in total. The zero-order valence-electron chi connectivity index (χ0n) is 17.2. The van der Waals surface area contributed by atoms with Gasteiger partial charge in [-0.3, -0.25) is 4.57 Å². The minimum atomic E-state index is -2.04. The van der Waals surface area contributed by atoms with E-state index in [4.69, 9.17) is 25.5 Å². The van der Waals surface area contributed by atoms with Crippen LogP contribution in [-0.2, 0) is 14.2 Å². The number of nitrogens with zero attached hydrogens (tertiary/aromatic N) is 5. The van der Waals surface area contributed by atoms with Crippen LogP contribution in [0.2, 0.25) is 0 Å². The molecule has 1 aromatic rings. The van der Waals surface area contributed by atoms with Gasteiger partial charge in [-0.15, -0.1) is 0 Å². The number of rotatable bonds is 9. The van der Waals surface area contributed by atoms with Crippen LogP contribution in [0.25, 0.3) is 10.4 Å². The fourth-order valence-electron chi connectivity index (χ4n) is 2.85. The molecule has 1 aromatic heterocycles. The molecule has 168 valence electrons. The molecule has 1 aliphatic rings. The normalized spacial score (nSPS) is 28.5. The molecule has 0 amide bonds. The zero-order chi connectivity index (χ0) is 22.6. The number of aliphatic hydroxyl groups excluding tert-OH is 3. The second-order valence-corrected chi connectivity index (χ2v) is 7.67. The average Bonchev–Trinajstić information content (AvgIpc) is 2.95. The van der Waals surface area contributed by atoms with Crippen LogP contribution < -0.4 is 11.4 Å². The van der Waals surface area contributed by atoms with E-state index < -0.39 is 49.0 Å². The van der Waals surface area contributed by atoms with Crippen molar-refractivity contribution in [2.45, 2.75) is 64.4 Å². The Morgan fingerprint density at radius 2 is 1.93 bits per heavy atom. The van der Waals surface area contributed by atoms with E-state index in [9.17, 15) is 20.1 Å². The molecule has 0 bridgehead atoms. The minimum Gasteiger partial charge on any atom is -0.393 e. The number of hydrogen-bond acceptors (Lipinski definition) is 10. The maximum absolute atomic E-state index is 12.4. The first-order valence-electron chi connectivity index (χ1n) is 9.43. The SMILES string of the molecule is CC(C)C(O)O[C@H]1[C@H](n2ccc(N)nc2=O)O[C@@](CO)(N=[N+]=[N-])[C@H]1OC(O)C(C)C. The lowest BCUT2D eigenvalue weighted by Crippen LogP contribution is -2.50. The van der Waals surface area contributed by atoms with Crippen molar-refractivity contribution in [2.75, 3.05) is 12.3 Å². The largest absolute Gasteiger partial charge is 0.393 e. The van der Waals surface area contributed by atoms with Gasteiger partial charge in [-0.2, -0.15) is 4.98 Å². The van der Waals surface area contributed by atoms with Crippen molar-refractivity contribution in [3.8, 4) is 0 Å². The number of hydrogen-bond donors (Lipinski definition) is 4. The monoisotopic (exact) mass is 428 g/mol. The number of nitrogens with two attached hydrogens (primary N) is 1. The van der Waals surface area contributed by atoms with Crippen molar-refractivity contribution in [3.63, 3.8) is 0 Å². The van der Waals surface area contributed by atoms with Gasteiger partial charge in [0.2, 0.25) is 5.72 Å². The molecule has 2 unspecified atom stereocenters. The summed E-state index contributed by atoms with van der Waals surface area (Å²) in [5.41, 5.74) is 11.7. The smallest absolute Gasteiger partial charge is 0.351 e. The zero-order valence-corrected chi connectivity index (χ0v) is 17.2. The van der Waals surface area contributed by atoms with Gasteiger partial charge < -0.3 is 35.3 Å². The summed E-state index contributed by atoms with van der Waals surface area (Å²) in [4.78, 5) is 18.7. The van der Waals surface area contributed by atoms with E-state index in [1.807, 2.05) is 0 Å². The Morgan fingerprint density at radius 3 is 2.43 bits per heavy atom. The van der Waals surface area contributed by atoms with E-state index in [1.54, 1.807) is 27.7 Å². The van der Waals surface area contributed by atoms with Crippen LogP contribution in [0.5, 0.6) is 0 Å². The molecule has 6 atom stereocenters. The van der Waals surface area contributed by atoms with Crippen LogP contribution >= 0.6 is 0 Å². The Morgan fingerprint density at radius 1 is 1.33 bits per heavy atom. The van der Waals surface area contributed by atoms with Gasteiger partial charge in [0.15, 0.2) is 18.8 Å². The summed E-state index contributed by atoms with van der Waals surface area (Å²) < 4.78 is 18.1. The van der Waals surface area contributed by atoms with Crippen molar-refractivity contribution in [2.24, 2.45) is 17.0 Å². The molecule has 1 fully saturated rings. The number of aliphatic hydroxyl groups is 3. The Balaban J connectivity index is 2.61. The Labute approximate surface area is 172 Å². The molecule has 1 aliphatic heterocycles. The Bertz CT molecular complexity index is 827. The highest BCUT2D eigenvalue weighted by atomic mass is 16.7. The lowest BCUT2D eigenvalue weighted by molar-refractivity contribution is -0.238. The lowest BCUT2D eigenvalue weighted by atomic mass is 10.0. The fraction of sp³-hybridized carbons (Fsp3) is 0.765. The number of ether oxygens (including phenoxy) is 3. The molecule has 0 aromatic carbocycles. The molecule has 13 heteroatoms. The average molecular weight is 428 g/mol. The fourth-order valence-corrected chi connectivity index (χ4v) is 2.85. The summed E-state index contributed by atoms with van der Waals surface area (Å²) in [5.74, 6) is -0.755. The molecule has 1 saturated heterocycles. The number of nitrogen functional groups attached to an aromatic ring is 1. The predicted molar refractivity (Wildman–Crippen MR) is 103 cm³/mol. The molecular formula is C17H28N6O7. The number of aromatic nitrogens is 2. The highest BCUT2D eigenvalue weighted by Gasteiger charge is 2.59. The molecular weight excluding hydrogens is 400 g/mol. The summed E-state index contributed by atoms with van der Waals surface area (Å²) in [5, 5.41) is 34.2. The molecule has 0 saturated carbocycles. The highest BCUT2D eigenvalue weighted by molar-refractivity contribution is 5.23. The summed E-state index contributed by atoms with van der Waals surface area (Å²) >= 11 is 0. The highest BCUT2D eigenvalue weighted by Crippen LogP contribution is 2.42. The first-order chi connectivity index (χ1) is 14.1. The van der Waals surface area contributed by atoms with Gasteiger partial charge in [0, 0.05) is 22.9 Å². The minimum absolute atomic E-state index is 0.0274. The quantitative estimate of drug-likeness (QED) is 0.182. The van der Waals surface area contributed by atoms with Crippen LogP contribution in [0.4, 0.5) is 5.82 Å². The van der Waals surface area contributed by atoms with Gasteiger partial charge in [0.1, 0.15) is 18.0 Å². The first kappa shape index (κ1) is 24.0. The second-order valence-electron chi connectivity index (χ2n) is 7.67. The maximum Gasteiger partial charge on any atom is 0.351 e. The van der Waals surface area contributed by atoms with Gasteiger partial charge in [-0.1, -0.05) is 32.8 Å². The molecule has 0 aliphatic carbocycles. The van der Waals surface area contributed by atoms with Gasteiger partial charge >= 0.3 is 5.69 Å². The Kier molecular flexibility index (Phi) is 7.77. The molecule has 2 rings (SSSR count). The van der Waals surface area contributed by atoms with E-state index >= 15 is 0 Å². The predicted octanol–water partition coefficient (Wildman–Crippen LogP) is 0.0724. The van der Waals surface area contributed by atoms with Crippen LogP contribution in [0.3, 0.4) is 0 Å². The van der Waals surface area contributed by atoms with Crippen molar-refractivity contribution >= 4 is 5.82 Å². The lowest BCUT2D eigenvalue weighted by Gasteiger charge is -2.33. The topological polar surface area (TPSA) is 198 Å². The van der Waals surface area contributed by atoms with Crippen LogP contribution in [-0.4, -0.2) is 62.0 Å². The molecule has 30 heavy (non-hydrogen) atoms. The number of anilines is 1. The van der Waals surface area contributed by atoms with Gasteiger partial charge in [0.05, 0.1) is 6.61 Å². The maximum atomic E-state index is 12.4. The summed E-state index contributed by atoms with van der Waals surface area (Å²) in [6.07, 6.45) is -5.34. The summed E-state index contributed by atoms with van der Waals surface area (Å²) in [6, 6.07) is 1.34. The van der Waals surface area contributed by atoms with E-state index in [0.29, 0.717) is 0 Å². The molecule has 0 radical (unpaired) electrons. The molecule has 2 heterocycles. The van der Waals surface area contributed by atoms with E-state index in [1.165, 1.54) is 12.3 Å². The van der Waals surface area contributed by atoms with Crippen LogP contribution in [0.1, 0.15) is 33.9 Å². The van der Waals surface area contributed by atoms with Crippen molar-refractivity contribution in [1.82, 2.24) is 9.55 Å². The third-order valence-electron chi connectivity index (χ3n) is 4.64. The van der Waals surface area contributed by atoms with Crippen molar-refractivity contribution < 1.29 is 29.5 Å². The summed E-state index contributed by atoms with van der Waals surface area (Å²) in [7, 11) is 0. The van der Waals surface area contributed by atoms with E-state index in [2.05, 4.69) is 15.0 Å². The van der Waals surface area contributed by atoms with Gasteiger partial charge in [-0.05, 0) is 11.6 Å². The first-order valence-corrected chi connectivity index (χ1v) is 9.43. The molecule has 13 nitrogen and oxygen atoms in total. The van der Waals surface area contributed by atoms with Crippen LogP contribution in [0.15, 0.2) is 22.2 Å². The summed E-state index contributed by atoms with van der Waals surface area (Å²) in [6.45, 7) is 5.90. The standard InChI is InChI=1S/C17H28N6O7/c1-8(2)14(25)28-11-12(29-15(26)9(3)4)17(7-24,21-22-19)30-13(11)23-6-5-10(18)20-16(23)27/h5-6,8-9,11-15,24-26H,7H2,1-4H3,(H2,18,20,27)/t11-,12+,13-,14?,15?,17-/m1/s1. The third kappa shape index (κ3) is 4.90. The van der Waals surface area contributed by atoms with Crippen molar-refractivity contribution in [1.29, 1.82) is 0 Å². The Hall–Kier alpha value is -2.25. The van der Waals surface area contributed by atoms with E-state index in [-0.39, 0.29) is 17.7 Å². The molecule has 0 spiro atoms. The number of azide groups is 1. The third-order valence-corrected chi connectivity index (χ3v) is 4.64. The van der Waals surface area contributed by atoms with Gasteiger partial charge in [0.25, 0.3) is 0 Å². The second kappa shape index (κ2) is 9.71. The van der Waals surface area contributed by atoms with E-state index in [0.717, 1.165) is 4.57 Å². The van der Waals surface area contributed by atoms with Crippen LogP contribution in [0, 0.1) is 11.8 Å².